The van der Waals surface area contributed by atoms with E-state index in [9.17, 15) is 19.5 Å². The number of rotatable bonds is 10. The van der Waals surface area contributed by atoms with Crippen molar-refractivity contribution in [1.82, 2.24) is 25.1 Å². The maximum atomic E-state index is 14.3. The zero-order valence-corrected chi connectivity index (χ0v) is 26.2. The molecular formula is C36H38N6O5. The molecule has 11 nitrogen and oxygen atoms in total. The summed E-state index contributed by atoms with van der Waals surface area (Å²) in [7, 11) is 1.59. The van der Waals surface area contributed by atoms with Crippen molar-refractivity contribution in [2.45, 2.75) is 31.7 Å². The SMILES string of the molecule is C=CCN(C(=O)NCc1ccc(OC)cc1)N1CC(=O)N2[C@@H](Cc3ccc(O)c(N)c3)C(=O)N(Cc3cccc4ccccc34)C[C@@H]21. The van der Waals surface area contributed by atoms with E-state index in [1.807, 2.05) is 66.7 Å². The van der Waals surface area contributed by atoms with Crippen LogP contribution in [0.15, 0.2) is 97.6 Å². The molecule has 242 valence electrons. The highest BCUT2D eigenvalue weighted by molar-refractivity contribution is 5.92. The molecule has 0 bridgehead atoms. The summed E-state index contributed by atoms with van der Waals surface area (Å²) in [4.78, 5) is 45.1. The zero-order valence-electron chi connectivity index (χ0n) is 26.2. The first kappa shape index (κ1) is 31.4. The van der Waals surface area contributed by atoms with Crippen LogP contribution in [0.3, 0.4) is 0 Å². The van der Waals surface area contributed by atoms with E-state index in [0.29, 0.717) is 17.9 Å². The number of nitrogens with zero attached hydrogens (tertiary/aromatic N) is 4. The molecule has 6 rings (SSSR count). The molecule has 2 atom stereocenters. The third-order valence-electron chi connectivity index (χ3n) is 8.78. The molecule has 4 amide bonds. The average Bonchev–Trinajstić information content (AvgIpc) is 3.41. The Balaban J connectivity index is 1.31. The van der Waals surface area contributed by atoms with Crippen LogP contribution < -0.4 is 15.8 Å². The van der Waals surface area contributed by atoms with Crippen molar-refractivity contribution >= 4 is 34.3 Å². The van der Waals surface area contributed by atoms with E-state index in [-0.39, 0.29) is 55.9 Å². The maximum absolute atomic E-state index is 14.3. The second-order valence-corrected chi connectivity index (χ2v) is 11.7. The number of phenols is 1. The van der Waals surface area contributed by atoms with Gasteiger partial charge in [0.05, 0.1) is 32.4 Å². The number of hydrogen-bond acceptors (Lipinski definition) is 7. The lowest BCUT2D eigenvalue weighted by molar-refractivity contribution is -0.157. The Kier molecular flexibility index (Phi) is 8.99. The molecule has 0 saturated carbocycles. The Morgan fingerprint density at radius 3 is 2.55 bits per heavy atom. The molecule has 4 aromatic rings. The van der Waals surface area contributed by atoms with E-state index < -0.39 is 18.2 Å². The van der Waals surface area contributed by atoms with Crippen molar-refractivity contribution < 1.29 is 24.2 Å². The lowest BCUT2D eigenvalue weighted by atomic mass is 9.98. The van der Waals surface area contributed by atoms with Gasteiger partial charge in [0, 0.05) is 19.5 Å². The van der Waals surface area contributed by atoms with Gasteiger partial charge in [-0.1, -0.05) is 66.7 Å². The Hall–Kier alpha value is -5.55. The van der Waals surface area contributed by atoms with Crippen LogP contribution in [0, 0.1) is 0 Å². The van der Waals surface area contributed by atoms with E-state index in [1.54, 1.807) is 40.1 Å². The fourth-order valence-corrected chi connectivity index (χ4v) is 6.42. The van der Waals surface area contributed by atoms with Gasteiger partial charge in [0.25, 0.3) is 0 Å². The number of hydrogen-bond donors (Lipinski definition) is 3. The number of urea groups is 1. The summed E-state index contributed by atoms with van der Waals surface area (Å²) in [5.41, 5.74) is 8.75. The van der Waals surface area contributed by atoms with Crippen molar-refractivity contribution in [3.8, 4) is 11.5 Å². The maximum Gasteiger partial charge on any atom is 0.332 e. The summed E-state index contributed by atoms with van der Waals surface area (Å²) in [6, 6.07) is 25.0. The first-order chi connectivity index (χ1) is 22.8. The lowest BCUT2D eigenvalue weighted by Crippen LogP contribution is -2.66. The van der Waals surface area contributed by atoms with Gasteiger partial charge in [0.1, 0.15) is 23.7 Å². The van der Waals surface area contributed by atoms with E-state index in [2.05, 4.69) is 11.9 Å². The van der Waals surface area contributed by atoms with Gasteiger partial charge in [-0.25, -0.2) is 4.79 Å². The van der Waals surface area contributed by atoms with Crippen molar-refractivity contribution in [3.05, 3.63) is 114 Å². The van der Waals surface area contributed by atoms with Crippen molar-refractivity contribution in [2.75, 3.05) is 32.5 Å². The number of hydrazine groups is 1. The first-order valence-corrected chi connectivity index (χ1v) is 15.5. The molecule has 2 aliphatic rings. The van der Waals surface area contributed by atoms with Gasteiger partial charge in [-0.15, -0.1) is 6.58 Å². The predicted molar refractivity (Wildman–Crippen MR) is 179 cm³/mol. The van der Waals surface area contributed by atoms with Crippen LogP contribution in [0.1, 0.15) is 16.7 Å². The second kappa shape index (κ2) is 13.4. The molecule has 0 radical (unpaired) electrons. The van der Waals surface area contributed by atoms with Gasteiger partial charge in [-0.2, -0.15) is 5.01 Å². The highest BCUT2D eigenvalue weighted by atomic mass is 16.5. The number of carbonyl (C=O) groups is 3. The fourth-order valence-electron chi connectivity index (χ4n) is 6.42. The van der Waals surface area contributed by atoms with Gasteiger partial charge in [0.2, 0.25) is 11.8 Å². The van der Waals surface area contributed by atoms with Crippen LogP contribution in [0.5, 0.6) is 11.5 Å². The zero-order chi connectivity index (χ0) is 33.1. The van der Waals surface area contributed by atoms with E-state index >= 15 is 0 Å². The van der Waals surface area contributed by atoms with Crippen LogP contribution in [0.25, 0.3) is 10.8 Å². The van der Waals surface area contributed by atoms with Crippen molar-refractivity contribution in [2.24, 2.45) is 0 Å². The molecule has 4 N–H and O–H groups in total. The molecule has 2 fully saturated rings. The molecular weight excluding hydrogens is 596 g/mol. The van der Waals surface area contributed by atoms with Gasteiger partial charge in [-0.3, -0.25) is 14.6 Å². The van der Waals surface area contributed by atoms with Crippen LogP contribution >= 0.6 is 0 Å². The minimum Gasteiger partial charge on any atom is -0.506 e. The highest BCUT2D eigenvalue weighted by Gasteiger charge is 2.52. The van der Waals surface area contributed by atoms with Crippen LogP contribution in [-0.4, -0.2) is 81.7 Å². The smallest absolute Gasteiger partial charge is 0.332 e. The summed E-state index contributed by atoms with van der Waals surface area (Å²) in [5, 5.41) is 18.3. The number of fused-ring (bicyclic) bond motifs is 2. The third kappa shape index (κ3) is 6.43. The minimum absolute atomic E-state index is 0.0525. The van der Waals surface area contributed by atoms with Gasteiger partial charge in [0.15, 0.2) is 0 Å². The lowest BCUT2D eigenvalue weighted by Gasteiger charge is -2.46. The molecule has 2 aliphatic heterocycles. The number of ether oxygens (including phenoxy) is 1. The normalized spacial score (nSPS) is 17.9. The van der Waals surface area contributed by atoms with Gasteiger partial charge >= 0.3 is 6.03 Å². The number of benzene rings is 4. The van der Waals surface area contributed by atoms with Gasteiger partial charge in [-0.05, 0) is 51.7 Å². The highest BCUT2D eigenvalue weighted by Crippen LogP contribution is 2.32. The summed E-state index contributed by atoms with van der Waals surface area (Å²) >= 11 is 0. The van der Waals surface area contributed by atoms with Gasteiger partial charge < -0.3 is 30.7 Å². The Labute approximate surface area is 273 Å². The predicted octanol–water partition coefficient (Wildman–Crippen LogP) is 3.87. The molecule has 0 aliphatic carbocycles. The minimum atomic E-state index is -0.849. The number of phenolic OH excluding ortho intramolecular Hbond substituents is 1. The first-order valence-electron chi connectivity index (χ1n) is 15.5. The van der Waals surface area contributed by atoms with E-state index in [0.717, 1.165) is 21.9 Å². The molecule has 2 saturated heterocycles. The fraction of sp³-hybridized carbons (Fsp3) is 0.250. The number of nitrogens with one attached hydrogen (secondary N) is 1. The van der Waals surface area contributed by atoms with Crippen molar-refractivity contribution in [1.29, 1.82) is 0 Å². The Morgan fingerprint density at radius 1 is 1.06 bits per heavy atom. The summed E-state index contributed by atoms with van der Waals surface area (Å²) < 4.78 is 5.23. The molecule has 0 unspecified atom stereocenters. The summed E-state index contributed by atoms with van der Waals surface area (Å²) in [5.74, 6) is 0.203. The van der Waals surface area contributed by atoms with Crippen LogP contribution in [-0.2, 0) is 29.1 Å². The molecule has 0 spiro atoms. The second-order valence-electron chi connectivity index (χ2n) is 11.7. The van der Waals surface area contributed by atoms with E-state index in [4.69, 9.17) is 10.5 Å². The summed E-state index contributed by atoms with van der Waals surface area (Å²) in [6.07, 6.45) is 1.19. The Bertz CT molecular complexity index is 1810. The number of piperazine rings is 1. The number of carbonyl (C=O) groups excluding carboxylic acids is 3. The molecule has 0 aromatic heterocycles. The topological polar surface area (TPSA) is 132 Å². The molecule has 2 heterocycles. The number of nitrogens with two attached hydrogens (primary N) is 1. The van der Waals surface area contributed by atoms with Crippen LogP contribution in [0.2, 0.25) is 0 Å². The van der Waals surface area contributed by atoms with Crippen molar-refractivity contribution in [3.63, 3.8) is 0 Å². The number of methoxy groups -OCH3 is 1. The van der Waals surface area contributed by atoms with Crippen LogP contribution in [0.4, 0.5) is 10.5 Å². The Morgan fingerprint density at radius 2 is 1.81 bits per heavy atom. The average molecular weight is 635 g/mol. The monoisotopic (exact) mass is 634 g/mol. The largest absolute Gasteiger partial charge is 0.506 e. The van der Waals surface area contributed by atoms with E-state index in [1.165, 1.54) is 11.1 Å². The summed E-state index contributed by atoms with van der Waals surface area (Å²) in [6.45, 7) is 4.71. The number of anilines is 1. The molecule has 11 heteroatoms. The standard InChI is InChI=1S/C36H38N6O5/c1-3-17-40(36(46)38-20-24-11-14-28(47-2)15-12-24)41-23-34(44)42-31(19-25-13-16-32(43)30(37)18-25)35(45)39(22-33(41)42)21-27-9-6-8-26-7-4-5-10-29(26)27/h3-16,18,31,33,43H,1,17,19-23,37H2,2H3,(H,38,46)/t31-,33+/m0/s1. The molecule has 47 heavy (non-hydrogen) atoms. The number of aromatic hydroxyl groups is 1. The number of nitrogen functional groups attached to an aromatic ring is 1. The third-order valence-corrected chi connectivity index (χ3v) is 8.78. The quantitative estimate of drug-likeness (QED) is 0.137. The molecule has 4 aromatic carbocycles. The number of amides is 4.